The van der Waals surface area contributed by atoms with Crippen LogP contribution in [0.1, 0.15) is 18.4 Å². The van der Waals surface area contributed by atoms with Gasteiger partial charge in [-0.1, -0.05) is 30.3 Å². The molecule has 4 atom stereocenters. The van der Waals surface area contributed by atoms with Gasteiger partial charge < -0.3 is 9.47 Å². The van der Waals surface area contributed by atoms with Gasteiger partial charge in [-0.15, -0.1) is 0 Å². The molecule has 1 saturated carbocycles. The minimum absolute atomic E-state index is 0.123. The number of benzene rings is 1. The lowest BCUT2D eigenvalue weighted by Crippen LogP contribution is -2.44. The highest BCUT2D eigenvalue weighted by molar-refractivity contribution is 5.82. The number of nitrogens with zero attached hydrogens (tertiary/aromatic N) is 1. The molecule has 6 heteroatoms. The summed E-state index contributed by atoms with van der Waals surface area (Å²) >= 11 is 0. The minimum atomic E-state index is -0.973. The van der Waals surface area contributed by atoms with Gasteiger partial charge >= 0.3 is 12.1 Å². The summed E-state index contributed by atoms with van der Waals surface area (Å²) in [6, 6.07) is 8.54. The van der Waals surface area contributed by atoms with Crippen molar-refractivity contribution in [2.75, 3.05) is 13.7 Å². The molecule has 1 saturated heterocycles. The highest BCUT2D eigenvalue weighted by atomic mass is 19.1. The van der Waals surface area contributed by atoms with E-state index in [2.05, 4.69) is 0 Å². The summed E-state index contributed by atoms with van der Waals surface area (Å²) in [5, 5.41) is 0. The maximum atomic E-state index is 14.0. The van der Waals surface area contributed by atoms with Crippen LogP contribution in [0, 0.1) is 11.8 Å². The van der Waals surface area contributed by atoms with Gasteiger partial charge in [0.05, 0.1) is 7.11 Å². The summed E-state index contributed by atoms with van der Waals surface area (Å²) in [6.45, 7) is 0.331. The number of amides is 1. The standard InChI is InChI=1S/C17H20FNO4/c1-22-16(20)15-12-7-8-14(18)13(12)9-19(15)17(21)23-10-11-5-3-2-4-6-11/h2-6,12-15H,7-10H2,1H3/t12-,13-,14-,15-/m0/s1. The van der Waals surface area contributed by atoms with E-state index in [9.17, 15) is 14.0 Å². The van der Waals surface area contributed by atoms with Crippen LogP contribution in [0.25, 0.3) is 0 Å². The molecule has 0 spiro atoms. The number of alkyl halides is 1. The number of likely N-dealkylation sites (tertiary alicyclic amines) is 1. The second-order valence-electron chi connectivity index (χ2n) is 6.08. The van der Waals surface area contributed by atoms with Crippen LogP contribution in [0.3, 0.4) is 0 Å². The molecule has 2 fully saturated rings. The first-order valence-electron chi connectivity index (χ1n) is 7.81. The molecule has 0 N–H and O–H groups in total. The number of esters is 1. The van der Waals surface area contributed by atoms with Gasteiger partial charge in [0, 0.05) is 12.5 Å². The number of fused-ring (bicyclic) bond motifs is 1. The smallest absolute Gasteiger partial charge is 0.410 e. The number of hydrogen-bond acceptors (Lipinski definition) is 4. The van der Waals surface area contributed by atoms with Crippen LogP contribution < -0.4 is 0 Å². The van der Waals surface area contributed by atoms with Crippen LogP contribution in [0.15, 0.2) is 30.3 Å². The van der Waals surface area contributed by atoms with E-state index in [-0.39, 0.29) is 25.0 Å². The molecule has 3 rings (SSSR count). The van der Waals surface area contributed by atoms with Crippen LogP contribution in [0.4, 0.5) is 9.18 Å². The van der Waals surface area contributed by atoms with Gasteiger partial charge in [-0.3, -0.25) is 4.90 Å². The molecule has 0 radical (unpaired) electrons. The fourth-order valence-corrected chi connectivity index (χ4v) is 3.67. The Morgan fingerprint density at radius 1 is 1.22 bits per heavy atom. The third-order valence-electron chi connectivity index (χ3n) is 4.82. The average molecular weight is 321 g/mol. The minimum Gasteiger partial charge on any atom is -0.467 e. The number of ether oxygens (including phenoxy) is 2. The molecule has 2 aliphatic rings. The summed E-state index contributed by atoms with van der Waals surface area (Å²) in [5.41, 5.74) is 0.859. The quantitative estimate of drug-likeness (QED) is 0.803. The van der Waals surface area contributed by atoms with Crippen molar-refractivity contribution < 1.29 is 23.5 Å². The molecule has 5 nitrogen and oxygen atoms in total. The lowest BCUT2D eigenvalue weighted by Gasteiger charge is -2.25. The zero-order valence-electron chi connectivity index (χ0n) is 13.0. The van der Waals surface area contributed by atoms with Crippen molar-refractivity contribution in [3.05, 3.63) is 35.9 Å². The monoisotopic (exact) mass is 321 g/mol. The number of halogens is 1. The van der Waals surface area contributed by atoms with Crippen molar-refractivity contribution in [3.8, 4) is 0 Å². The van der Waals surface area contributed by atoms with Crippen LogP contribution in [-0.2, 0) is 20.9 Å². The van der Waals surface area contributed by atoms with Crippen molar-refractivity contribution in [1.82, 2.24) is 4.90 Å². The summed E-state index contributed by atoms with van der Waals surface area (Å²) in [4.78, 5) is 25.7. The molecular weight excluding hydrogens is 301 g/mol. The summed E-state index contributed by atoms with van der Waals surface area (Å²) < 4.78 is 24.1. The molecule has 1 aromatic carbocycles. The van der Waals surface area contributed by atoms with E-state index in [0.29, 0.717) is 12.8 Å². The first kappa shape index (κ1) is 15.8. The molecule has 0 bridgehead atoms. The zero-order valence-corrected chi connectivity index (χ0v) is 13.0. The molecule has 124 valence electrons. The Balaban J connectivity index is 1.69. The third-order valence-corrected chi connectivity index (χ3v) is 4.82. The number of hydrogen-bond donors (Lipinski definition) is 0. The highest BCUT2D eigenvalue weighted by Crippen LogP contribution is 2.44. The van der Waals surface area contributed by atoms with Gasteiger partial charge in [0.25, 0.3) is 0 Å². The van der Waals surface area contributed by atoms with Crippen molar-refractivity contribution in [3.63, 3.8) is 0 Å². The summed E-state index contributed by atoms with van der Waals surface area (Å²) in [5.74, 6) is -0.978. The van der Waals surface area contributed by atoms with Crippen LogP contribution in [0.5, 0.6) is 0 Å². The van der Waals surface area contributed by atoms with Crippen molar-refractivity contribution >= 4 is 12.1 Å². The first-order valence-corrected chi connectivity index (χ1v) is 7.81. The van der Waals surface area contributed by atoms with E-state index in [1.165, 1.54) is 12.0 Å². The third kappa shape index (κ3) is 3.02. The van der Waals surface area contributed by atoms with Crippen LogP contribution in [-0.4, -0.2) is 42.8 Å². The van der Waals surface area contributed by atoms with E-state index >= 15 is 0 Å². The van der Waals surface area contributed by atoms with Gasteiger partial charge in [0.1, 0.15) is 18.8 Å². The van der Waals surface area contributed by atoms with E-state index < -0.39 is 24.3 Å². The highest BCUT2D eigenvalue weighted by Gasteiger charge is 2.54. The Bertz CT molecular complexity index is 579. The number of carbonyl (C=O) groups is 2. The van der Waals surface area contributed by atoms with Crippen LogP contribution in [0.2, 0.25) is 0 Å². The molecule has 1 amide bonds. The Morgan fingerprint density at radius 3 is 2.65 bits per heavy atom. The van der Waals surface area contributed by atoms with E-state index in [4.69, 9.17) is 9.47 Å². The van der Waals surface area contributed by atoms with Gasteiger partial charge in [-0.2, -0.15) is 0 Å². The Hall–Kier alpha value is -2.11. The number of rotatable bonds is 3. The second-order valence-corrected chi connectivity index (χ2v) is 6.08. The largest absolute Gasteiger partial charge is 0.467 e. The Kier molecular flexibility index (Phi) is 4.50. The lowest BCUT2D eigenvalue weighted by atomic mass is 9.93. The van der Waals surface area contributed by atoms with Gasteiger partial charge in [0.15, 0.2) is 0 Å². The number of methoxy groups -OCH3 is 1. The van der Waals surface area contributed by atoms with Crippen molar-refractivity contribution in [1.29, 1.82) is 0 Å². The molecule has 1 aliphatic heterocycles. The maximum Gasteiger partial charge on any atom is 0.410 e. The van der Waals surface area contributed by atoms with Crippen LogP contribution >= 0.6 is 0 Å². The average Bonchev–Trinajstić information content (AvgIpc) is 3.13. The zero-order chi connectivity index (χ0) is 16.4. The summed E-state index contributed by atoms with van der Waals surface area (Å²) in [6.07, 6.45) is -0.533. The normalized spacial score (nSPS) is 29.2. The van der Waals surface area contributed by atoms with Gasteiger partial charge in [-0.05, 0) is 24.3 Å². The first-order chi connectivity index (χ1) is 11.1. The molecule has 1 aromatic rings. The Labute approximate surface area is 134 Å². The van der Waals surface area contributed by atoms with Crippen molar-refractivity contribution in [2.45, 2.75) is 31.7 Å². The summed E-state index contributed by atoms with van der Waals surface area (Å²) in [7, 11) is 1.28. The van der Waals surface area contributed by atoms with Gasteiger partial charge in [0.2, 0.25) is 0 Å². The van der Waals surface area contributed by atoms with Gasteiger partial charge in [-0.25, -0.2) is 14.0 Å². The van der Waals surface area contributed by atoms with Crippen molar-refractivity contribution in [2.24, 2.45) is 11.8 Å². The Morgan fingerprint density at radius 2 is 1.96 bits per heavy atom. The molecule has 1 heterocycles. The second kappa shape index (κ2) is 6.56. The maximum absolute atomic E-state index is 14.0. The molecule has 1 aliphatic carbocycles. The lowest BCUT2D eigenvalue weighted by molar-refractivity contribution is -0.146. The van der Waals surface area contributed by atoms with E-state index in [0.717, 1.165) is 5.56 Å². The fraction of sp³-hybridized carbons (Fsp3) is 0.529. The van der Waals surface area contributed by atoms with E-state index in [1.54, 1.807) is 0 Å². The number of carbonyl (C=O) groups excluding carboxylic acids is 2. The molecular formula is C17H20FNO4. The molecule has 23 heavy (non-hydrogen) atoms. The predicted molar refractivity (Wildman–Crippen MR) is 80.2 cm³/mol. The topological polar surface area (TPSA) is 55.8 Å². The molecule has 0 aromatic heterocycles. The SMILES string of the molecule is COC(=O)[C@@H]1[C@H]2CC[C@H](F)[C@H]2CN1C(=O)OCc1ccccc1. The fourth-order valence-electron chi connectivity index (χ4n) is 3.67. The predicted octanol–water partition coefficient (Wildman–Crippen LogP) is 2.54. The molecule has 0 unspecified atom stereocenters. The van der Waals surface area contributed by atoms with E-state index in [1.807, 2.05) is 30.3 Å².